The predicted octanol–water partition coefficient (Wildman–Crippen LogP) is 0.848. The standard InChI is InChI=1S/C7H4FN4O2S/c8-2-3-1-4(15)12-7(9-3)10-5(11-12)6(13)14/h1H,2H2,(H,13,14). The van der Waals surface area contributed by atoms with Gasteiger partial charge >= 0.3 is 5.97 Å². The van der Waals surface area contributed by atoms with E-state index in [4.69, 9.17) is 17.7 Å². The van der Waals surface area contributed by atoms with Gasteiger partial charge in [-0.15, -0.1) is 5.10 Å². The lowest BCUT2D eigenvalue weighted by molar-refractivity contribution is 0.0683. The minimum atomic E-state index is -1.28. The van der Waals surface area contributed by atoms with Crippen LogP contribution in [0.1, 0.15) is 16.3 Å². The minimum absolute atomic E-state index is 0.00690. The topological polar surface area (TPSA) is 80.4 Å². The van der Waals surface area contributed by atoms with Crippen LogP contribution in [0.2, 0.25) is 0 Å². The van der Waals surface area contributed by atoms with Crippen LogP contribution in [0.4, 0.5) is 4.39 Å². The summed E-state index contributed by atoms with van der Waals surface area (Å²) < 4.78 is 13.4. The molecule has 0 saturated heterocycles. The average Bonchev–Trinajstić information content (AvgIpc) is 2.61. The number of halogens is 1. The lowest BCUT2D eigenvalue weighted by Crippen LogP contribution is -2.00. The molecule has 0 spiro atoms. The summed E-state index contributed by atoms with van der Waals surface area (Å²) in [5.41, 5.74) is 0.108. The van der Waals surface area contributed by atoms with E-state index in [9.17, 15) is 9.18 Å². The first kappa shape index (κ1) is 9.71. The summed E-state index contributed by atoms with van der Waals surface area (Å²) in [5.74, 6) is -1.70. The van der Waals surface area contributed by atoms with E-state index < -0.39 is 18.5 Å². The Bertz CT molecular complexity index is 541. The van der Waals surface area contributed by atoms with Gasteiger partial charge in [0.05, 0.1) is 5.69 Å². The molecule has 0 aliphatic heterocycles. The zero-order valence-electron chi connectivity index (χ0n) is 7.21. The van der Waals surface area contributed by atoms with Gasteiger partial charge in [0.15, 0.2) is 0 Å². The molecule has 0 atom stereocenters. The van der Waals surface area contributed by atoms with Crippen molar-refractivity contribution in [2.45, 2.75) is 11.7 Å². The third kappa shape index (κ3) is 1.59. The molecule has 0 aliphatic carbocycles. The maximum absolute atomic E-state index is 12.3. The van der Waals surface area contributed by atoms with Gasteiger partial charge < -0.3 is 5.11 Å². The van der Waals surface area contributed by atoms with E-state index in [1.54, 1.807) is 0 Å². The highest BCUT2D eigenvalue weighted by Gasteiger charge is 2.14. The van der Waals surface area contributed by atoms with Crippen LogP contribution in [0.3, 0.4) is 0 Å². The molecule has 0 unspecified atom stereocenters. The van der Waals surface area contributed by atoms with E-state index in [0.717, 1.165) is 4.52 Å². The van der Waals surface area contributed by atoms with E-state index in [2.05, 4.69) is 15.1 Å². The Kier molecular flexibility index (Phi) is 2.19. The van der Waals surface area contributed by atoms with Gasteiger partial charge in [0.1, 0.15) is 11.7 Å². The van der Waals surface area contributed by atoms with Crippen molar-refractivity contribution in [1.82, 2.24) is 19.6 Å². The molecule has 0 amide bonds. The Hall–Kier alpha value is -1.83. The van der Waals surface area contributed by atoms with Crippen LogP contribution in [0.15, 0.2) is 11.1 Å². The Morgan fingerprint density at radius 3 is 2.93 bits per heavy atom. The molecule has 0 aromatic carbocycles. The fraction of sp³-hybridized carbons (Fsp3) is 0.143. The molecule has 2 rings (SSSR count). The quantitative estimate of drug-likeness (QED) is 0.769. The van der Waals surface area contributed by atoms with Crippen LogP contribution in [-0.4, -0.2) is 30.7 Å². The first-order valence-corrected chi connectivity index (χ1v) is 4.25. The molecular formula is C7H4FN4O2S. The second-order valence-corrected chi connectivity index (χ2v) is 3.09. The molecule has 8 heteroatoms. The van der Waals surface area contributed by atoms with E-state index in [1.807, 2.05) is 0 Å². The van der Waals surface area contributed by atoms with Crippen LogP contribution < -0.4 is 0 Å². The first-order valence-electron chi connectivity index (χ1n) is 3.85. The summed E-state index contributed by atoms with van der Waals surface area (Å²) in [7, 11) is 0. The number of carboxylic acid groups (broad SMARTS) is 1. The van der Waals surface area contributed by atoms with Gasteiger partial charge in [0, 0.05) is 0 Å². The van der Waals surface area contributed by atoms with Crippen molar-refractivity contribution >= 4 is 24.4 Å². The number of fused-ring (bicyclic) bond motifs is 1. The Labute approximate surface area is 88.2 Å². The highest BCUT2D eigenvalue weighted by Crippen LogP contribution is 2.11. The second-order valence-electron chi connectivity index (χ2n) is 2.67. The minimum Gasteiger partial charge on any atom is -0.475 e. The number of hydrogen-bond acceptors (Lipinski definition) is 4. The maximum Gasteiger partial charge on any atom is 0.375 e. The number of alkyl halides is 1. The van der Waals surface area contributed by atoms with E-state index in [-0.39, 0.29) is 16.5 Å². The Balaban J connectivity index is 2.69. The SMILES string of the molecule is O=C(O)c1nc2nc(CF)cc([S])n2n1. The van der Waals surface area contributed by atoms with Crippen molar-refractivity contribution in [3.8, 4) is 0 Å². The molecule has 1 radical (unpaired) electrons. The fourth-order valence-electron chi connectivity index (χ4n) is 1.05. The molecule has 2 heterocycles. The zero-order valence-corrected chi connectivity index (χ0v) is 8.03. The number of carboxylic acids is 1. The molecule has 0 bridgehead atoms. The van der Waals surface area contributed by atoms with Crippen molar-refractivity contribution in [1.29, 1.82) is 0 Å². The van der Waals surface area contributed by atoms with Gasteiger partial charge in [0.25, 0.3) is 11.6 Å². The molecule has 0 fully saturated rings. The second kappa shape index (κ2) is 3.39. The summed E-state index contributed by atoms with van der Waals surface area (Å²) in [6, 6.07) is 1.31. The fourth-order valence-corrected chi connectivity index (χ4v) is 1.31. The van der Waals surface area contributed by atoms with Crippen molar-refractivity contribution in [2.24, 2.45) is 0 Å². The predicted molar refractivity (Wildman–Crippen MR) is 48.4 cm³/mol. The molecular weight excluding hydrogens is 223 g/mol. The molecule has 1 N–H and O–H groups in total. The van der Waals surface area contributed by atoms with Gasteiger partial charge in [-0.3, -0.25) is 0 Å². The summed E-state index contributed by atoms with van der Waals surface area (Å²) >= 11 is 4.87. The number of hydrogen-bond donors (Lipinski definition) is 1. The molecule has 6 nitrogen and oxygen atoms in total. The van der Waals surface area contributed by atoms with Crippen molar-refractivity contribution < 1.29 is 14.3 Å². The summed E-state index contributed by atoms with van der Waals surface area (Å²) in [5, 5.41) is 12.4. The van der Waals surface area contributed by atoms with Gasteiger partial charge in [-0.05, 0) is 6.07 Å². The third-order valence-electron chi connectivity index (χ3n) is 1.66. The summed E-state index contributed by atoms with van der Waals surface area (Å²) in [6.45, 7) is -0.782. The largest absolute Gasteiger partial charge is 0.475 e. The van der Waals surface area contributed by atoms with Crippen LogP contribution >= 0.6 is 12.6 Å². The number of rotatable bonds is 2. The van der Waals surface area contributed by atoms with Crippen LogP contribution in [-0.2, 0) is 6.67 Å². The number of aromatic carboxylic acids is 1. The van der Waals surface area contributed by atoms with Gasteiger partial charge in [-0.1, -0.05) is 12.6 Å². The lowest BCUT2D eigenvalue weighted by Gasteiger charge is -1.96. The van der Waals surface area contributed by atoms with Crippen molar-refractivity contribution in [3.05, 3.63) is 17.6 Å². The normalized spacial score (nSPS) is 10.7. The third-order valence-corrected chi connectivity index (χ3v) is 1.95. The molecule has 0 aliphatic rings. The Morgan fingerprint density at radius 1 is 1.60 bits per heavy atom. The molecule has 77 valence electrons. The summed E-state index contributed by atoms with van der Waals surface area (Å²) in [4.78, 5) is 17.9. The number of carbonyl (C=O) groups is 1. The first-order chi connectivity index (χ1) is 7.11. The number of aromatic nitrogens is 4. The van der Waals surface area contributed by atoms with Crippen molar-refractivity contribution in [2.75, 3.05) is 0 Å². The summed E-state index contributed by atoms with van der Waals surface area (Å²) in [6.07, 6.45) is 0. The van der Waals surface area contributed by atoms with Crippen LogP contribution in [0.5, 0.6) is 0 Å². The molecule has 0 saturated carbocycles. The van der Waals surface area contributed by atoms with E-state index in [1.165, 1.54) is 6.07 Å². The maximum atomic E-state index is 12.3. The average molecular weight is 227 g/mol. The highest BCUT2D eigenvalue weighted by atomic mass is 32.1. The van der Waals surface area contributed by atoms with Crippen LogP contribution in [0, 0.1) is 0 Å². The zero-order chi connectivity index (χ0) is 11.0. The van der Waals surface area contributed by atoms with E-state index >= 15 is 0 Å². The molecule has 2 aromatic rings. The smallest absolute Gasteiger partial charge is 0.375 e. The van der Waals surface area contributed by atoms with Crippen LogP contribution in [0.25, 0.3) is 5.78 Å². The number of nitrogens with zero attached hydrogens (tertiary/aromatic N) is 4. The molecule has 15 heavy (non-hydrogen) atoms. The van der Waals surface area contributed by atoms with Crippen molar-refractivity contribution in [3.63, 3.8) is 0 Å². The highest BCUT2D eigenvalue weighted by molar-refractivity contribution is 7.80. The molecule has 2 aromatic heterocycles. The van der Waals surface area contributed by atoms with Gasteiger partial charge in [0.2, 0.25) is 0 Å². The van der Waals surface area contributed by atoms with Gasteiger partial charge in [-0.25, -0.2) is 14.2 Å². The monoisotopic (exact) mass is 227 g/mol. The Morgan fingerprint density at radius 2 is 2.33 bits per heavy atom. The van der Waals surface area contributed by atoms with E-state index in [0.29, 0.717) is 0 Å². The van der Waals surface area contributed by atoms with Gasteiger partial charge in [-0.2, -0.15) is 9.50 Å². The lowest BCUT2D eigenvalue weighted by atomic mass is 10.4.